The van der Waals surface area contributed by atoms with Gasteiger partial charge in [0.05, 0.1) is 5.56 Å². The van der Waals surface area contributed by atoms with E-state index in [9.17, 15) is 4.79 Å². The molecular formula is C17H17NO2. The number of hydrogen-bond donors (Lipinski definition) is 1. The quantitative estimate of drug-likeness (QED) is 0.902. The topological polar surface area (TPSA) is 50.2 Å². The van der Waals surface area contributed by atoms with Crippen molar-refractivity contribution < 1.29 is 9.90 Å². The number of carboxylic acids is 1. The molecule has 1 aromatic carbocycles. The maximum Gasteiger partial charge on any atom is 0.336 e. The standard InChI is InChI=1S/C17H17NO2/c19-17(20)16-9-10-18-11-15(16)6-3-12-1-4-13(5-2-12)14-7-8-14/h1-2,4-5,9-11,14H,3,6-8H2,(H,19,20). The molecule has 0 atom stereocenters. The molecule has 1 aromatic heterocycles. The van der Waals surface area contributed by atoms with Crippen LogP contribution in [0.5, 0.6) is 0 Å². The minimum Gasteiger partial charge on any atom is -0.478 e. The van der Waals surface area contributed by atoms with Crippen molar-refractivity contribution in [3.05, 3.63) is 65.0 Å². The summed E-state index contributed by atoms with van der Waals surface area (Å²) in [7, 11) is 0. The minimum atomic E-state index is -0.883. The van der Waals surface area contributed by atoms with Gasteiger partial charge in [-0.3, -0.25) is 4.98 Å². The van der Waals surface area contributed by atoms with Crippen LogP contribution in [0.2, 0.25) is 0 Å². The smallest absolute Gasteiger partial charge is 0.336 e. The molecule has 3 rings (SSSR count). The fraction of sp³-hybridized carbons (Fsp3) is 0.294. The third-order valence-electron chi connectivity index (χ3n) is 3.85. The van der Waals surface area contributed by atoms with Crippen LogP contribution in [0.3, 0.4) is 0 Å². The number of carboxylic acid groups (broad SMARTS) is 1. The van der Waals surface area contributed by atoms with E-state index < -0.39 is 5.97 Å². The molecule has 0 bridgehead atoms. The molecule has 1 N–H and O–H groups in total. The highest BCUT2D eigenvalue weighted by molar-refractivity contribution is 5.89. The normalized spacial score (nSPS) is 14.2. The Hall–Kier alpha value is -2.16. The first-order valence-corrected chi connectivity index (χ1v) is 6.99. The molecule has 0 amide bonds. The largest absolute Gasteiger partial charge is 0.478 e. The zero-order chi connectivity index (χ0) is 13.9. The Morgan fingerprint density at radius 3 is 2.55 bits per heavy atom. The lowest BCUT2D eigenvalue weighted by atomic mass is 10.0. The fourth-order valence-electron chi connectivity index (χ4n) is 2.49. The van der Waals surface area contributed by atoms with E-state index in [0.717, 1.165) is 17.9 Å². The van der Waals surface area contributed by atoms with Gasteiger partial charge in [0.15, 0.2) is 0 Å². The van der Waals surface area contributed by atoms with Crippen LogP contribution in [0.15, 0.2) is 42.7 Å². The Bertz CT molecular complexity index is 615. The molecule has 2 aromatic rings. The van der Waals surface area contributed by atoms with Crippen LogP contribution in [-0.4, -0.2) is 16.1 Å². The maximum atomic E-state index is 11.1. The lowest BCUT2D eigenvalue weighted by Gasteiger charge is -2.06. The van der Waals surface area contributed by atoms with Crippen molar-refractivity contribution in [2.24, 2.45) is 0 Å². The van der Waals surface area contributed by atoms with Gasteiger partial charge in [-0.1, -0.05) is 24.3 Å². The lowest BCUT2D eigenvalue weighted by molar-refractivity contribution is 0.0695. The summed E-state index contributed by atoms with van der Waals surface area (Å²) in [6.07, 6.45) is 7.36. The molecule has 0 unspecified atom stereocenters. The van der Waals surface area contributed by atoms with E-state index in [-0.39, 0.29) is 0 Å². The molecule has 1 aliphatic rings. The summed E-state index contributed by atoms with van der Waals surface area (Å²) in [5, 5.41) is 9.14. The van der Waals surface area contributed by atoms with E-state index in [1.54, 1.807) is 12.3 Å². The molecule has 3 heteroatoms. The maximum absolute atomic E-state index is 11.1. The van der Waals surface area contributed by atoms with Crippen molar-refractivity contribution in [3.8, 4) is 0 Å². The first-order valence-electron chi connectivity index (χ1n) is 6.99. The number of benzene rings is 1. The molecule has 20 heavy (non-hydrogen) atoms. The monoisotopic (exact) mass is 267 g/mol. The number of hydrogen-bond acceptors (Lipinski definition) is 2. The summed E-state index contributed by atoms with van der Waals surface area (Å²) in [5.74, 6) is -0.104. The first kappa shape index (κ1) is 12.9. The number of aryl methyl sites for hydroxylation is 2. The van der Waals surface area contributed by atoms with Crippen LogP contribution in [-0.2, 0) is 12.8 Å². The Morgan fingerprint density at radius 2 is 1.90 bits per heavy atom. The van der Waals surface area contributed by atoms with Crippen molar-refractivity contribution in [1.82, 2.24) is 4.98 Å². The number of pyridine rings is 1. The lowest BCUT2D eigenvalue weighted by Crippen LogP contribution is -2.04. The number of nitrogens with zero attached hydrogens (tertiary/aromatic N) is 1. The summed E-state index contributed by atoms with van der Waals surface area (Å²) >= 11 is 0. The molecule has 3 nitrogen and oxygen atoms in total. The Kier molecular flexibility index (Phi) is 3.50. The second kappa shape index (κ2) is 5.45. The number of aromatic nitrogens is 1. The van der Waals surface area contributed by atoms with Crippen molar-refractivity contribution in [2.45, 2.75) is 31.6 Å². The van der Waals surface area contributed by atoms with Gasteiger partial charge in [-0.2, -0.15) is 0 Å². The van der Waals surface area contributed by atoms with E-state index >= 15 is 0 Å². The van der Waals surface area contributed by atoms with E-state index in [4.69, 9.17) is 5.11 Å². The highest BCUT2D eigenvalue weighted by Crippen LogP contribution is 2.39. The molecule has 0 radical (unpaired) electrons. The molecule has 102 valence electrons. The van der Waals surface area contributed by atoms with Crippen molar-refractivity contribution in [2.75, 3.05) is 0 Å². The van der Waals surface area contributed by atoms with Gasteiger partial charge in [-0.05, 0) is 54.4 Å². The van der Waals surface area contributed by atoms with Crippen LogP contribution in [0, 0.1) is 0 Å². The van der Waals surface area contributed by atoms with Gasteiger partial charge in [0.1, 0.15) is 0 Å². The fourth-order valence-corrected chi connectivity index (χ4v) is 2.49. The SMILES string of the molecule is O=C(O)c1ccncc1CCc1ccc(C2CC2)cc1. The third-order valence-corrected chi connectivity index (χ3v) is 3.85. The van der Waals surface area contributed by atoms with E-state index in [1.807, 2.05) is 0 Å². The van der Waals surface area contributed by atoms with Gasteiger partial charge in [0, 0.05) is 12.4 Å². The predicted octanol–water partition coefficient (Wildman–Crippen LogP) is 3.44. The zero-order valence-corrected chi connectivity index (χ0v) is 11.2. The van der Waals surface area contributed by atoms with E-state index in [1.165, 1.54) is 30.2 Å². The number of carbonyl (C=O) groups is 1. The summed E-state index contributed by atoms with van der Waals surface area (Å²) in [4.78, 5) is 15.2. The van der Waals surface area contributed by atoms with Gasteiger partial charge in [-0.25, -0.2) is 4.79 Å². The highest BCUT2D eigenvalue weighted by Gasteiger charge is 2.22. The van der Waals surface area contributed by atoms with Crippen LogP contribution < -0.4 is 0 Å². The Labute approximate surface area is 118 Å². The van der Waals surface area contributed by atoms with Crippen molar-refractivity contribution in [3.63, 3.8) is 0 Å². The predicted molar refractivity (Wildman–Crippen MR) is 77.0 cm³/mol. The molecule has 1 saturated carbocycles. The van der Waals surface area contributed by atoms with Gasteiger partial charge in [0.2, 0.25) is 0 Å². The molecular weight excluding hydrogens is 250 g/mol. The number of rotatable bonds is 5. The molecule has 0 aliphatic heterocycles. The summed E-state index contributed by atoms with van der Waals surface area (Å²) < 4.78 is 0. The van der Waals surface area contributed by atoms with Crippen LogP contribution in [0.4, 0.5) is 0 Å². The highest BCUT2D eigenvalue weighted by atomic mass is 16.4. The van der Waals surface area contributed by atoms with Crippen molar-refractivity contribution >= 4 is 5.97 Å². The average molecular weight is 267 g/mol. The van der Waals surface area contributed by atoms with E-state index in [2.05, 4.69) is 29.2 Å². The Morgan fingerprint density at radius 1 is 1.15 bits per heavy atom. The second-order valence-corrected chi connectivity index (χ2v) is 5.35. The zero-order valence-electron chi connectivity index (χ0n) is 11.2. The van der Waals surface area contributed by atoms with Crippen LogP contribution in [0.25, 0.3) is 0 Å². The van der Waals surface area contributed by atoms with Gasteiger partial charge in [0.25, 0.3) is 0 Å². The summed E-state index contributed by atoms with van der Waals surface area (Å²) in [6, 6.07) is 10.3. The van der Waals surface area contributed by atoms with Gasteiger partial charge in [-0.15, -0.1) is 0 Å². The summed E-state index contributed by atoms with van der Waals surface area (Å²) in [6.45, 7) is 0. The molecule has 1 heterocycles. The van der Waals surface area contributed by atoms with Crippen LogP contribution >= 0.6 is 0 Å². The third kappa shape index (κ3) is 2.87. The summed E-state index contributed by atoms with van der Waals surface area (Å²) in [5.41, 5.74) is 3.83. The van der Waals surface area contributed by atoms with Crippen molar-refractivity contribution in [1.29, 1.82) is 0 Å². The minimum absolute atomic E-state index is 0.356. The van der Waals surface area contributed by atoms with Crippen LogP contribution in [0.1, 0.15) is 45.8 Å². The molecule has 0 saturated heterocycles. The van der Waals surface area contributed by atoms with Gasteiger partial charge >= 0.3 is 5.97 Å². The molecule has 1 fully saturated rings. The second-order valence-electron chi connectivity index (χ2n) is 5.35. The number of aromatic carboxylic acids is 1. The van der Waals surface area contributed by atoms with E-state index in [0.29, 0.717) is 12.0 Å². The first-order chi connectivity index (χ1) is 9.74. The van der Waals surface area contributed by atoms with Gasteiger partial charge < -0.3 is 5.11 Å². The Balaban J connectivity index is 1.68. The molecule has 0 spiro atoms. The molecule has 1 aliphatic carbocycles. The average Bonchev–Trinajstić information content (AvgIpc) is 3.30.